The lowest BCUT2D eigenvalue weighted by atomic mass is 9.81. The number of benzene rings is 2. The Morgan fingerprint density at radius 3 is 2.40 bits per heavy atom. The summed E-state index contributed by atoms with van der Waals surface area (Å²) in [6.45, 7) is 1.35. The van der Waals surface area contributed by atoms with Crippen LogP contribution in [0.15, 0.2) is 54.7 Å². The van der Waals surface area contributed by atoms with Crippen molar-refractivity contribution in [3.63, 3.8) is 0 Å². The Morgan fingerprint density at radius 2 is 1.78 bits per heavy atom. The summed E-state index contributed by atoms with van der Waals surface area (Å²) in [5.74, 6) is -2.64. The summed E-state index contributed by atoms with van der Waals surface area (Å²) in [6, 6.07) is 8.65. The average Bonchev–Trinajstić information content (AvgIpc) is 3.32. The molecule has 11 nitrogen and oxygen atoms in total. The maximum Gasteiger partial charge on any atom is 0.424 e. The van der Waals surface area contributed by atoms with Crippen LogP contribution in [-0.4, -0.2) is 52.2 Å². The summed E-state index contributed by atoms with van der Waals surface area (Å²) in [4.78, 5) is 45.5. The fraction of sp³-hybridized carbons (Fsp3) is 0.233. The lowest BCUT2D eigenvalue weighted by Gasteiger charge is -2.31. The number of fused-ring (bicyclic) bond motifs is 2. The van der Waals surface area contributed by atoms with E-state index >= 15 is 0 Å². The van der Waals surface area contributed by atoms with Gasteiger partial charge < -0.3 is 31.9 Å². The van der Waals surface area contributed by atoms with Gasteiger partial charge in [-0.2, -0.15) is 13.2 Å². The number of carbonyl (C=O) groups excluding carboxylic acids is 3. The molecule has 2 atom stereocenters. The molecule has 4 aromatic rings. The standard InChI is InChI=1S/C30H26F4N6O5/c1-14-7-16-8-17(9-20(39-27(36)43)22(16)37-11-14)25(41)38-12-29(44,30(32,33)34)21-10-19-24(45-13-28(19,2)26(35)42)23(40-21)15-3-5-18(31)6-4-15/h3-11,44H,12-13H2,1-2H3,(H2,35,42)(H,38,41)(H3,36,39,43)/t28-,29?/m0/s1. The van der Waals surface area contributed by atoms with Gasteiger partial charge in [0.05, 0.1) is 23.4 Å². The number of hydrogen-bond acceptors (Lipinski definition) is 7. The molecular weight excluding hydrogens is 600 g/mol. The number of urea groups is 1. The summed E-state index contributed by atoms with van der Waals surface area (Å²) >= 11 is 0. The second kappa shape index (κ2) is 11.0. The third kappa shape index (κ3) is 5.57. The Hall–Kier alpha value is -5.31. The Balaban J connectivity index is 1.59. The third-order valence-corrected chi connectivity index (χ3v) is 7.57. The highest BCUT2D eigenvalue weighted by molar-refractivity contribution is 6.05. The number of halogens is 4. The van der Waals surface area contributed by atoms with Gasteiger partial charge in [-0.05, 0) is 67.9 Å². The molecule has 1 aliphatic rings. The molecule has 45 heavy (non-hydrogen) atoms. The minimum Gasteiger partial charge on any atom is -0.489 e. The first kappa shape index (κ1) is 31.1. The zero-order valence-electron chi connectivity index (χ0n) is 23.8. The smallest absolute Gasteiger partial charge is 0.424 e. The van der Waals surface area contributed by atoms with Crippen molar-refractivity contribution in [2.45, 2.75) is 31.0 Å². The molecule has 0 radical (unpaired) electrons. The van der Waals surface area contributed by atoms with E-state index < -0.39 is 53.1 Å². The van der Waals surface area contributed by atoms with Crippen LogP contribution in [0.2, 0.25) is 0 Å². The summed E-state index contributed by atoms with van der Waals surface area (Å²) < 4.78 is 63.4. The van der Waals surface area contributed by atoms with Crippen molar-refractivity contribution in [3.8, 4) is 17.0 Å². The number of pyridine rings is 2. The van der Waals surface area contributed by atoms with Crippen LogP contribution in [0.4, 0.5) is 28.0 Å². The number of aliphatic hydroxyl groups is 1. The van der Waals surface area contributed by atoms with Gasteiger partial charge in [-0.3, -0.25) is 14.6 Å². The second-order valence-electron chi connectivity index (χ2n) is 10.9. The highest BCUT2D eigenvalue weighted by Crippen LogP contribution is 2.47. The number of carbonyl (C=O) groups is 3. The molecule has 0 saturated heterocycles. The molecule has 3 heterocycles. The number of hydrogen-bond donors (Lipinski definition) is 5. The van der Waals surface area contributed by atoms with Gasteiger partial charge >= 0.3 is 12.2 Å². The minimum atomic E-state index is -5.41. The van der Waals surface area contributed by atoms with Crippen LogP contribution in [0.25, 0.3) is 22.2 Å². The van der Waals surface area contributed by atoms with Crippen molar-refractivity contribution in [3.05, 3.63) is 82.9 Å². The van der Waals surface area contributed by atoms with E-state index in [0.717, 1.165) is 18.2 Å². The summed E-state index contributed by atoms with van der Waals surface area (Å²) in [5, 5.41) is 16.1. The highest BCUT2D eigenvalue weighted by Gasteiger charge is 2.57. The quantitative estimate of drug-likeness (QED) is 0.194. The molecule has 0 spiro atoms. The number of aryl methyl sites for hydroxylation is 1. The molecule has 5 rings (SSSR count). The maximum atomic E-state index is 14.7. The third-order valence-electron chi connectivity index (χ3n) is 7.57. The number of alkyl halides is 3. The van der Waals surface area contributed by atoms with Gasteiger partial charge in [-0.15, -0.1) is 0 Å². The van der Waals surface area contributed by atoms with Crippen molar-refractivity contribution in [2.75, 3.05) is 18.5 Å². The molecule has 1 unspecified atom stereocenters. The van der Waals surface area contributed by atoms with Crippen LogP contribution >= 0.6 is 0 Å². The van der Waals surface area contributed by atoms with E-state index in [1.165, 1.54) is 37.4 Å². The fourth-order valence-corrected chi connectivity index (χ4v) is 4.97. The predicted molar refractivity (Wildman–Crippen MR) is 154 cm³/mol. The van der Waals surface area contributed by atoms with Crippen molar-refractivity contribution in [1.29, 1.82) is 0 Å². The van der Waals surface area contributed by atoms with Crippen molar-refractivity contribution >= 4 is 34.4 Å². The number of amides is 4. The molecule has 1 aliphatic heterocycles. The van der Waals surface area contributed by atoms with Crippen molar-refractivity contribution in [2.24, 2.45) is 11.5 Å². The minimum absolute atomic E-state index is 0.0335. The zero-order valence-corrected chi connectivity index (χ0v) is 23.8. The first-order chi connectivity index (χ1) is 21.0. The van der Waals surface area contributed by atoms with Gasteiger partial charge in [-0.25, -0.2) is 14.2 Å². The Labute approximate surface area is 252 Å². The number of nitrogens with one attached hydrogen (secondary N) is 2. The van der Waals surface area contributed by atoms with Gasteiger partial charge in [0.15, 0.2) is 0 Å². The first-order valence-electron chi connectivity index (χ1n) is 13.3. The summed E-state index contributed by atoms with van der Waals surface area (Å²) in [5.41, 5.74) is 5.14. The van der Waals surface area contributed by atoms with E-state index in [1.807, 2.05) is 0 Å². The number of anilines is 1. The van der Waals surface area contributed by atoms with Gasteiger partial charge in [-0.1, -0.05) is 0 Å². The van der Waals surface area contributed by atoms with E-state index in [-0.39, 0.29) is 45.9 Å². The summed E-state index contributed by atoms with van der Waals surface area (Å²) in [6.07, 6.45) is -3.90. The van der Waals surface area contributed by atoms with Crippen LogP contribution in [0.3, 0.4) is 0 Å². The number of rotatable bonds is 7. The highest BCUT2D eigenvalue weighted by atomic mass is 19.4. The molecule has 7 N–H and O–H groups in total. The monoisotopic (exact) mass is 626 g/mol. The molecule has 15 heteroatoms. The normalized spacial score (nSPS) is 17.2. The van der Waals surface area contributed by atoms with E-state index in [0.29, 0.717) is 10.9 Å². The van der Waals surface area contributed by atoms with Gasteiger partial charge in [0, 0.05) is 28.3 Å². The van der Waals surface area contributed by atoms with Crippen LogP contribution in [0, 0.1) is 12.7 Å². The molecule has 0 aliphatic carbocycles. The fourth-order valence-electron chi connectivity index (χ4n) is 4.97. The lowest BCUT2D eigenvalue weighted by molar-refractivity contribution is -0.265. The number of nitrogens with zero attached hydrogens (tertiary/aromatic N) is 2. The molecule has 2 aromatic heterocycles. The SMILES string of the molecule is Cc1cnc2c(NC(N)=O)cc(C(=O)NCC(O)(c3cc4c(c(-c5ccc(F)cc5)n3)OC[C@]4(C)C(N)=O)C(F)(F)F)cc2c1. The average molecular weight is 627 g/mol. The van der Waals surface area contributed by atoms with E-state index in [1.54, 1.807) is 13.0 Å². The Morgan fingerprint density at radius 1 is 1.09 bits per heavy atom. The van der Waals surface area contributed by atoms with Crippen LogP contribution < -0.4 is 26.8 Å². The first-order valence-corrected chi connectivity index (χ1v) is 13.3. The topological polar surface area (TPSA) is 183 Å². The van der Waals surface area contributed by atoms with Crippen molar-refractivity contribution in [1.82, 2.24) is 15.3 Å². The molecule has 2 aromatic carbocycles. The number of primary amides is 2. The number of ether oxygens (including phenoxy) is 1. The van der Waals surface area contributed by atoms with Gasteiger partial charge in [0.2, 0.25) is 11.5 Å². The van der Waals surface area contributed by atoms with E-state index in [4.69, 9.17) is 16.2 Å². The number of aromatic nitrogens is 2. The van der Waals surface area contributed by atoms with Crippen LogP contribution in [-0.2, 0) is 15.8 Å². The van der Waals surface area contributed by atoms with Gasteiger partial charge in [0.25, 0.3) is 5.91 Å². The summed E-state index contributed by atoms with van der Waals surface area (Å²) in [7, 11) is 0. The Bertz CT molecular complexity index is 1870. The Kier molecular flexibility index (Phi) is 7.61. The second-order valence-corrected chi connectivity index (χ2v) is 10.9. The molecule has 4 amide bonds. The molecule has 0 bridgehead atoms. The maximum absolute atomic E-state index is 14.7. The van der Waals surface area contributed by atoms with Crippen molar-refractivity contribution < 1.29 is 41.8 Å². The molecule has 234 valence electrons. The van der Waals surface area contributed by atoms with Gasteiger partial charge in [0.1, 0.15) is 29.3 Å². The zero-order chi connectivity index (χ0) is 32.9. The number of nitrogens with two attached hydrogens (primary N) is 2. The van der Waals surface area contributed by atoms with Crippen LogP contribution in [0.5, 0.6) is 5.75 Å². The molecule has 0 saturated carbocycles. The molecular formula is C30H26F4N6O5. The van der Waals surface area contributed by atoms with Crippen LogP contribution in [0.1, 0.15) is 34.1 Å². The van der Waals surface area contributed by atoms with E-state index in [2.05, 4.69) is 20.6 Å². The predicted octanol–water partition coefficient (Wildman–Crippen LogP) is 3.55. The largest absolute Gasteiger partial charge is 0.489 e. The lowest BCUT2D eigenvalue weighted by Crippen LogP contribution is -2.51. The molecule has 0 fully saturated rings. The van der Waals surface area contributed by atoms with E-state index in [9.17, 15) is 37.1 Å².